The van der Waals surface area contributed by atoms with Crippen LogP contribution in [0.3, 0.4) is 0 Å². The molecule has 0 saturated carbocycles. The molecule has 1 aliphatic rings. The summed E-state index contributed by atoms with van der Waals surface area (Å²) < 4.78 is 5.84. The van der Waals surface area contributed by atoms with Gasteiger partial charge in [0.1, 0.15) is 11.4 Å². The fourth-order valence-corrected chi connectivity index (χ4v) is 3.75. The average Bonchev–Trinajstić information content (AvgIpc) is 3.07. The predicted octanol–water partition coefficient (Wildman–Crippen LogP) is 3.85. The molecule has 1 aliphatic heterocycles. The third-order valence-electron chi connectivity index (χ3n) is 5.09. The van der Waals surface area contributed by atoms with Gasteiger partial charge < -0.3 is 4.42 Å². The highest BCUT2D eigenvalue weighted by Gasteiger charge is 2.44. The number of nitro groups is 1. The van der Waals surface area contributed by atoms with E-state index in [1.807, 2.05) is 0 Å². The van der Waals surface area contributed by atoms with Gasteiger partial charge in [0.05, 0.1) is 21.9 Å². The number of carbonyl (C=O) groups is 1. The van der Waals surface area contributed by atoms with Crippen molar-refractivity contribution in [2.75, 3.05) is 4.90 Å². The van der Waals surface area contributed by atoms with E-state index in [0.29, 0.717) is 22.4 Å². The minimum absolute atomic E-state index is 0.0484. The predicted molar refractivity (Wildman–Crippen MR) is 108 cm³/mol. The topological polar surface area (TPSA) is 107 Å². The molecule has 3 heterocycles. The number of pyridine rings is 1. The minimum Gasteiger partial charge on any atom is -0.450 e. The first-order valence-electron chi connectivity index (χ1n) is 9.11. The van der Waals surface area contributed by atoms with E-state index in [4.69, 9.17) is 4.42 Å². The molecule has 8 nitrogen and oxygen atoms in total. The van der Waals surface area contributed by atoms with Crippen molar-refractivity contribution in [3.63, 3.8) is 0 Å². The number of aromatic nitrogens is 1. The van der Waals surface area contributed by atoms with Gasteiger partial charge in [-0.05, 0) is 42.0 Å². The molecule has 2 aromatic heterocycles. The fourth-order valence-electron chi connectivity index (χ4n) is 3.75. The zero-order valence-corrected chi connectivity index (χ0v) is 15.4. The molecule has 8 heteroatoms. The van der Waals surface area contributed by atoms with Crippen molar-refractivity contribution < 1.29 is 14.1 Å². The van der Waals surface area contributed by atoms with Crippen LogP contribution in [-0.2, 0) is 0 Å². The van der Waals surface area contributed by atoms with E-state index in [9.17, 15) is 19.7 Å². The van der Waals surface area contributed by atoms with Crippen molar-refractivity contribution in [1.82, 2.24) is 4.98 Å². The molecule has 0 bridgehead atoms. The first kappa shape index (κ1) is 17.7. The number of nitro benzene ring substituents is 1. The Morgan fingerprint density at radius 2 is 1.70 bits per heavy atom. The Morgan fingerprint density at radius 1 is 0.967 bits per heavy atom. The molecule has 1 amide bonds. The van der Waals surface area contributed by atoms with Gasteiger partial charge in [0, 0.05) is 18.3 Å². The Balaban J connectivity index is 1.79. The lowest BCUT2D eigenvalue weighted by molar-refractivity contribution is -0.384. The molecule has 2 aromatic carbocycles. The van der Waals surface area contributed by atoms with E-state index in [-0.39, 0.29) is 22.4 Å². The molecular weight excluding hydrogens is 386 g/mol. The molecule has 0 saturated heterocycles. The maximum absolute atomic E-state index is 13.3. The van der Waals surface area contributed by atoms with Crippen molar-refractivity contribution >= 4 is 28.4 Å². The first-order valence-corrected chi connectivity index (χ1v) is 9.11. The number of carbonyl (C=O) groups excluding carboxylic acids is 1. The van der Waals surface area contributed by atoms with Gasteiger partial charge in [0.15, 0.2) is 5.43 Å². The molecule has 0 fully saturated rings. The average molecular weight is 399 g/mol. The monoisotopic (exact) mass is 399 g/mol. The molecule has 1 atom stereocenters. The van der Waals surface area contributed by atoms with Gasteiger partial charge in [-0.15, -0.1) is 0 Å². The molecule has 146 valence electrons. The highest BCUT2D eigenvalue weighted by atomic mass is 16.6. The van der Waals surface area contributed by atoms with Crippen molar-refractivity contribution in [2.24, 2.45) is 0 Å². The number of nitrogens with zero attached hydrogens (tertiary/aromatic N) is 3. The van der Waals surface area contributed by atoms with Gasteiger partial charge in [-0.2, -0.15) is 0 Å². The number of amides is 1. The Labute approximate surface area is 169 Å². The van der Waals surface area contributed by atoms with Gasteiger partial charge in [0.25, 0.3) is 11.6 Å². The molecule has 0 unspecified atom stereocenters. The first-order chi connectivity index (χ1) is 14.6. The quantitative estimate of drug-likeness (QED) is 0.383. The molecular formula is C22H13N3O5. The van der Waals surface area contributed by atoms with Crippen molar-refractivity contribution in [3.05, 3.63) is 110 Å². The van der Waals surface area contributed by atoms with E-state index >= 15 is 0 Å². The normalized spacial score (nSPS) is 15.4. The Hall–Kier alpha value is -4.33. The molecule has 5 rings (SSSR count). The second kappa shape index (κ2) is 6.63. The summed E-state index contributed by atoms with van der Waals surface area (Å²) in [5.74, 6) is -0.191. The van der Waals surface area contributed by atoms with Crippen molar-refractivity contribution in [1.29, 1.82) is 0 Å². The van der Waals surface area contributed by atoms with Gasteiger partial charge in [-0.1, -0.05) is 18.2 Å². The van der Waals surface area contributed by atoms with Crippen LogP contribution in [0.25, 0.3) is 11.0 Å². The van der Waals surface area contributed by atoms with Crippen LogP contribution in [0, 0.1) is 10.1 Å². The van der Waals surface area contributed by atoms with Crippen LogP contribution >= 0.6 is 0 Å². The lowest BCUT2D eigenvalue weighted by atomic mass is 9.98. The summed E-state index contributed by atoms with van der Waals surface area (Å²) in [6.07, 6.45) is 1.55. The largest absolute Gasteiger partial charge is 0.450 e. The Kier molecular flexibility index (Phi) is 3.92. The van der Waals surface area contributed by atoms with Crippen LogP contribution in [0.2, 0.25) is 0 Å². The molecule has 4 aromatic rings. The third-order valence-corrected chi connectivity index (χ3v) is 5.09. The van der Waals surface area contributed by atoms with Crippen LogP contribution < -0.4 is 10.3 Å². The maximum Gasteiger partial charge on any atom is 0.296 e. The second-order valence-electron chi connectivity index (χ2n) is 6.78. The number of anilines is 1. The summed E-state index contributed by atoms with van der Waals surface area (Å²) in [5, 5.41) is 11.4. The zero-order valence-electron chi connectivity index (χ0n) is 15.4. The van der Waals surface area contributed by atoms with E-state index in [1.54, 1.807) is 48.7 Å². The summed E-state index contributed by atoms with van der Waals surface area (Å²) in [6.45, 7) is 0. The second-order valence-corrected chi connectivity index (χ2v) is 6.78. The smallest absolute Gasteiger partial charge is 0.296 e. The van der Waals surface area contributed by atoms with E-state index in [1.165, 1.54) is 29.2 Å². The van der Waals surface area contributed by atoms with Gasteiger partial charge in [-0.3, -0.25) is 24.6 Å². The van der Waals surface area contributed by atoms with Crippen molar-refractivity contribution in [2.45, 2.75) is 6.04 Å². The standard InChI is InChI=1S/C22H13N3O5/c26-20-15-5-1-2-6-16(15)30-21-18(20)19(13-8-10-14(11-9-13)25(28)29)24(22(21)27)17-7-3-4-12-23-17/h1-12,19H/t19-/m0/s1. The van der Waals surface area contributed by atoms with Gasteiger partial charge in [-0.25, -0.2) is 4.98 Å². The SMILES string of the molecule is O=C1c2oc3ccccc3c(=O)c2[C@H](c2ccc([N+](=O)[O-])cc2)N1c1ccccn1. The van der Waals surface area contributed by atoms with Gasteiger partial charge in [0.2, 0.25) is 5.76 Å². The number of para-hydroxylation sites is 1. The summed E-state index contributed by atoms with van der Waals surface area (Å²) in [7, 11) is 0. The highest BCUT2D eigenvalue weighted by molar-refractivity contribution is 6.10. The molecule has 30 heavy (non-hydrogen) atoms. The summed E-state index contributed by atoms with van der Waals surface area (Å²) in [6, 6.07) is 16.8. The molecule has 0 radical (unpaired) electrons. The summed E-state index contributed by atoms with van der Waals surface area (Å²) >= 11 is 0. The maximum atomic E-state index is 13.3. The Bertz CT molecular complexity index is 1360. The molecule has 0 spiro atoms. The number of benzene rings is 2. The summed E-state index contributed by atoms with van der Waals surface area (Å²) in [5.41, 5.74) is 0.652. The fraction of sp³-hybridized carbons (Fsp3) is 0.0455. The van der Waals surface area contributed by atoms with Crippen molar-refractivity contribution in [3.8, 4) is 0 Å². The van der Waals surface area contributed by atoms with Crippen LogP contribution in [0.15, 0.2) is 82.1 Å². The van der Waals surface area contributed by atoms with Crippen LogP contribution in [0.5, 0.6) is 0 Å². The zero-order chi connectivity index (χ0) is 20.8. The summed E-state index contributed by atoms with van der Waals surface area (Å²) in [4.78, 5) is 42.8. The lowest BCUT2D eigenvalue weighted by Gasteiger charge is -2.24. The minimum atomic E-state index is -0.816. The van der Waals surface area contributed by atoms with E-state index in [2.05, 4.69) is 4.98 Å². The van der Waals surface area contributed by atoms with E-state index < -0.39 is 16.9 Å². The lowest BCUT2D eigenvalue weighted by Crippen LogP contribution is -2.30. The highest BCUT2D eigenvalue weighted by Crippen LogP contribution is 2.40. The number of rotatable bonds is 3. The van der Waals surface area contributed by atoms with Gasteiger partial charge >= 0.3 is 0 Å². The Morgan fingerprint density at radius 3 is 2.40 bits per heavy atom. The van der Waals surface area contributed by atoms with Crippen LogP contribution in [0.1, 0.15) is 27.7 Å². The third kappa shape index (κ3) is 2.58. The van der Waals surface area contributed by atoms with E-state index in [0.717, 1.165) is 0 Å². The van der Waals surface area contributed by atoms with Crippen LogP contribution in [-0.4, -0.2) is 15.8 Å². The number of hydrogen-bond donors (Lipinski definition) is 0. The number of non-ortho nitro benzene ring substituents is 1. The number of hydrogen-bond acceptors (Lipinski definition) is 6. The molecule has 0 aliphatic carbocycles. The number of fused-ring (bicyclic) bond motifs is 2. The van der Waals surface area contributed by atoms with Crippen LogP contribution in [0.4, 0.5) is 11.5 Å². The molecule has 0 N–H and O–H groups in total.